The summed E-state index contributed by atoms with van der Waals surface area (Å²) in [7, 11) is 1.61. The summed E-state index contributed by atoms with van der Waals surface area (Å²) in [6.07, 6.45) is 4.15. The largest absolute Gasteiger partial charge is 0.495 e. The van der Waals surface area contributed by atoms with Crippen molar-refractivity contribution in [3.8, 4) is 5.75 Å². The number of nitrogens with one attached hydrogen (secondary N) is 1. The molecule has 3 N–H and O–H groups in total. The number of carboxylic acid groups (broad SMARTS) is 2. The van der Waals surface area contributed by atoms with E-state index in [1.807, 2.05) is 42.5 Å². The first-order valence-corrected chi connectivity index (χ1v) is 13.0. The number of piperidine rings is 1. The van der Waals surface area contributed by atoms with Crippen molar-refractivity contribution in [2.24, 2.45) is 0 Å². The Labute approximate surface area is 227 Å². The van der Waals surface area contributed by atoms with Crippen LogP contribution in [0.15, 0.2) is 59.1 Å². The lowest BCUT2D eigenvalue weighted by atomic mass is 9.96. The maximum atomic E-state index is 13.3. The van der Waals surface area contributed by atoms with Crippen LogP contribution in [0.3, 0.4) is 0 Å². The fourth-order valence-electron chi connectivity index (χ4n) is 5.41. The van der Waals surface area contributed by atoms with Gasteiger partial charge in [0, 0.05) is 34.5 Å². The van der Waals surface area contributed by atoms with Crippen LogP contribution in [-0.4, -0.2) is 58.2 Å². The molecule has 2 bridgehead atoms. The van der Waals surface area contributed by atoms with Gasteiger partial charge in [0.05, 0.1) is 12.7 Å². The van der Waals surface area contributed by atoms with Crippen LogP contribution in [0.4, 0.5) is 4.39 Å². The molecule has 38 heavy (non-hydrogen) atoms. The molecule has 8 nitrogen and oxygen atoms in total. The lowest BCUT2D eigenvalue weighted by Crippen LogP contribution is -2.50. The number of hydrogen-bond donors (Lipinski definition) is 3. The van der Waals surface area contributed by atoms with Crippen molar-refractivity contribution in [1.82, 2.24) is 10.2 Å². The van der Waals surface area contributed by atoms with E-state index in [4.69, 9.17) is 24.5 Å². The molecule has 3 aromatic rings. The third kappa shape index (κ3) is 6.14. The third-order valence-electron chi connectivity index (χ3n) is 7.07. The predicted octanol–water partition coefficient (Wildman–Crippen LogP) is 4.83. The molecule has 5 rings (SSSR count). The molecule has 3 aromatic carbocycles. The van der Waals surface area contributed by atoms with Gasteiger partial charge in [-0.05, 0) is 54.8 Å². The maximum Gasteiger partial charge on any atom is 0.414 e. The number of benzene rings is 3. The Bertz CT molecular complexity index is 1320. The van der Waals surface area contributed by atoms with Gasteiger partial charge in [-0.25, -0.2) is 14.0 Å². The van der Waals surface area contributed by atoms with Crippen LogP contribution in [0.2, 0.25) is 0 Å². The summed E-state index contributed by atoms with van der Waals surface area (Å²) < 4.78 is 19.8. The minimum atomic E-state index is -1.82. The smallest absolute Gasteiger partial charge is 0.414 e. The topological polar surface area (TPSA) is 116 Å². The van der Waals surface area contributed by atoms with Crippen LogP contribution in [0.5, 0.6) is 5.75 Å². The van der Waals surface area contributed by atoms with E-state index in [0.29, 0.717) is 23.4 Å². The molecule has 2 aliphatic rings. The molecule has 0 radical (unpaired) electrons. The van der Waals surface area contributed by atoms with Gasteiger partial charge < -0.3 is 20.3 Å². The molecule has 0 saturated carbocycles. The van der Waals surface area contributed by atoms with Crippen molar-refractivity contribution in [3.05, 3.63) is 76.0 Å². The first-order valence-electron chi connectivity index (χ1n) is 12.2. The second kappa shape index (κ2) is 11.9. The first kappa shape index (κ1) is 27.5. The van der Waals surface area contributed by atoms with Crippen LogP contribution in [-0.2, 0) is 16.1 Å². The maximum absolute atomic E-state index is 13.3. The van der Waals surface area contributed by atoms with Gasteiger partial charge in [0.1, 0.15) is 11.6 Å². The SMILES string of the molecule is COc1c(C(=O)NC2CC3CCC(C2)N3Cc2ccc(F)cc2)cc(Br)c2ccccc12.O=C(O)C(=O)O. The van der Waals surface area contributed by atoms with E-state index in [9.17, 15) is 9.18 Å². The molecule has 2 atom stereocenters. The monoisotopic (exact) mass is 586 g/mol. The number of carbonyl (C=O) groups is 3. The summed E-state index contributed by atoms with van der Waals surface area (Å²) in [6, 6.07) is 17.6. The number of carboxylic acids is 2. The van der Waals surface area contributed by atoms with Gasteiger partial charge >= 0.3 is 11.9 Å². The van der Waals surface area contributed by atoms with E-state index in [-0.39, 0.29) is 17.8 Å². The lowest BCUT2D eigenvalue weighted by molar-refractivity contribution is -0.159. The van der Waals surface area contributed by atoms with Crippen molar-refractivity contribution >= 4 is 44.5 Å². The van der Waals surface area contributed by atoms with E-state index in [1.54, 1.807) is 7.11 Å². The number of amides is 1. The fourth-order valence-corrected chi connectivity index (χ4v) is 5.98. The van der Waals surface area contributed by atoms with Crippen LogP contribution in [0, 0.1) is 5.82 Å². The van der Waals surface area contributed by atoms with Gasteiger partial charge in [-0.1, -0.05) is 52.3 Å². The highest BCUT2D eigenvalue weighted by atomic mass is 79.9. The zero-order chi connectivity index (χ0) is 27.4. The molecule has 0 aliphatic carbocycles. The second-order valence-electron chi connectivity index (χ2n) is 9.42. The van der Waals surface area contributed by atoms with Crippen LogP contribution in [0.1, 0.15) is 41.6 Å². The minimum absolute atomic E-state index is 0.0929. The van der Waals surface area contributed by atoms with Gasteiger partial charge in [0.25, 0.3) is 5.91 Å². The van der Waals surface area contributed by atoms with E-state index in [1.165, 1.54) is 12.1 Å². The fraction of sp³-hybridized carbons (Fsp3) is 0.321. The van der Waals surface area contributed by atoms with E-state index >= 15 is 0 Å². The molecule has 0 spiro atoms. The van der Waals surface area contributed by atoms with Crippen molar-refractivity contribution in [3.63, 3.8) is 0 Å². The molecular formula is C28H28BrFN2O6. The van der Waals surface area contributed by atoms with Crippen molar-refractivity contribution < 1.29 is 33.7 Å². The molecule has 0 aromatic heterocycles. The molecule has 10 heteroatoms. The van der Waals surface area contributed by atoms with Gasteiger partial charge in [-0.3, -0.25) is 9.69 Å². The highest BCUT2D eigenvalue weighted by Gasteiger charge is 2.41. The molecule has 200 valence electrons. The number of ether oxygens (including phenoxy) is 1. The van der Waals surface area contributed by atoms with E-state index < -0.39 is 11.9 Å². The number of halogens is 2. The number of carbonyl (C=O) groups excluding carboxylic acids is 1. The summed E-state index contributed by atoms with van der Waals surface area (Å²) in [5.41, 5.74) is 1.69. The van der Waals surface area contributed by atoms with Crippen LogP contribution < -0.4 is 10.1 Å². The molecule has 2 unspecified atom stereocenters. The number of fused-ring (bicyclic) bond motifs is 3. The Morgan fingerprint density at radius 3 is 2.13 bits per heavy atom. The molecule has 2 fully saturated rings. The quantitative estimate of drug-likeness (QED) is 0.367. The Morgan fingerprint density at radius 1 is 1.00 bits per heavy atom. The Hall–Kier alpha value is -3.50. The summed E-state index contributed by atoms with van der Waals surface area (Å²) in [5.74, 6) is -3.33. The van der Waals surface area contributed by atoms with Gasteiger partial charge in [0.15, 0.2) is 0 Å². The molecular weight excluding hydrogens is 559 g/mol. The number of rotatable bonds is 5. The third-order valence-corrected chi connectivity index (χ3v) is 7.73. The highest BCUT2D eigenvalue weighted by Crippen LogP contribution is 2.38. The predicted molar refractivity (Wildman–Crippen MR) is 143 cm³/mol. The van der Waals surface area contributed by atoms with Crippen molar-refractivity contribution in [1.29, 1.82) is 0 Å². The lowest BCUT2D eigenvalue weighted by Gasteiger charge is -2.39. The van der Waals surface area contributed by atoms with E-state index in [2.05, 4.69) is 26.1 Å². The number of nitrogens with zero attached hydrogens (tertiary/aromatic N) is 1. The molecule has 1 amide bonds. The normalized spacial score (nSPS) is 20.3. The molecule has 2 saturated heterocycles. The van der Waals surface area contributed by atoms with Crippen LogP contribution in [0.25, 0.3) is 10.8 Å². The van der Waals surface area contributed by atoms with Crippen LogP contribution >= 0.6 is 15.9 Å². The standard InChI is InChI=1S/C26H26BrFN2O2.C2H2O4/c1-32-25-22-5-3-2-4-21(22)24(27)14-23(25)26(31)29-18-12-19-10-11-20(13-18)30(19)15-16-6-8-17(28)9-7-16;3-1(4)2(5)6/h2-9,14,18-20H,10-13,15H2,1H3,(H,29,31);(H,3,4)(H,5,6). The van der Waals surface area contributed by atoms with Crippen molar-refractivity contribution in [2.45, 2.75) is 50.4 Å². The Balaban J connectivity index is 0.000000505. The minimum Gasteiger partial charge on any atom is -0.495 e. The number of methoxy groups -OCH3 is 1. The number of aliphatic carboxylic acids is 2. The highest BCUT2D eigenvalue weighted by molar-refractivity contribution is 9.10. The Kier molecular flexibility index (Phi) is 8.63. The molecule has 2 aliphatic heterocycles. The second-order valence-corrected chi connectivity index (χ2v) is 10.3. The average Bonchev–Trinajstić information content (AvgIpc) is 3.12. The Morgan fingerprint density at radius 2 is 1.58 bits per heavy atom. The summed E-state index contributed by atoms with van der Waals surface area (Å²) in [4.78, 5) is 34.0. The van der Waals surface area contributed by atoms with Gasteiger partial charge in [-0.2, -0.15) is 0 Å². The zero-order valence-corrected chi connectivity index (χ0v) is 22.3. The average molecular weight is 587 g/mol. The first-order chi connectivity index (χ1) is 18.2. The number of hydrogen-bond acceptors (Lipinski definition) is 5. The summed E-state index contributed by atoms with van der Waals surface area (Å²) in [5, 5.41) is 20.0. The summed E-state index contributed by atoms with van der Waals surface area (Å²) in [6.45, 7) is 0.835. The zero-order valence-electron chi connectivity index (χ0n) is 20.7. The van der Waals surface area contributed by atoms with E-state index in [0.717, 1.165) is 53.0 Å². The summed E-state index contributed by atoms with van der Waals surface area (Å²) >= 11 is 3.61. The van der Waals surface area contributed by atoms with Crippen molar-refractivity contribution in [2.75, 3.05) is 7.11 Å². The van der Waals surface area contributed by atoms with Gasteiger partial charge in [0.2, 0.25) is 0 Å². The van der Waals surface area contributed by atoms with Gasteiger partial charge in [-0.15, -0.1) is 0 Å². The molecule has 2 heterocycles.